The lowest BCUT2D eigenvalue weighted by molar-refractivity contribution is -0.121. The quantitative estimate of drug-likeness (QED) is 0.671. The van der Waals surface area contributed by atoms with E-state index in [-0.39, 0.29) is 12.5 Å². The maximum Gasteiger partial charge on any atom is 0.260 e. The molecular weight excluding hydrogens is 252 g/mol. The largest absolute Gasteiger partial charge is 0.321 e. The summed E-state index contributed by atoms with van der Waals surface area (Å²) >= 11 is 0. The molecule has 0 saturated heterocycles. The Morgan fingerprint density at radius 3 is 2.95 bits per heavy atom. The molecular formula is C15H20N4O. The van der Waals surface area contributed by atoms with Gasteiger partial charge < -0.3 is 4.57 Å². The van der Waals surface area contributed by atoms with Crippen molar-refractivity contribution < 1.29 is 4.79 Å². The number of amides is 1. The number of fused-ring (bicyclic) bond motifs is 1. The molecule has 0 fully saturated rings. The Labute approximate surface area is 118 Å². The molecule has 0 aliphatic rings. The minimum atomic E-state index is -0.143. The molecule has 1 heterocycles. The summed E-state index contributed by atoms with van der Waals surface area (Å²) in [6.45, 7) is 6.34. The number of imidazole rings is 1. The van der Waals surface area contributed by atoms with Crippen LogP contribution in [0.15, 0.2) is 35.7 Å². The van der Waals surface area contributed by atoms with Gasteiger partial charge in [0.15, 0.2) is 0 Å². The van der Waals surface area contributed by atoms with Crippen molar-refractivity contribution in [3.8, 4) is 0 Å². The number of hydrogen-bond donors (Lipinski definition) is 1. The SMILES string of the molecule is CC[C@@H](C)/C(C)=N\NC(=O)Cn1cnc2ccccc21. The highest BCUT2D eigenvalue weighted by Gasteiger charge is 2.07. The van der Waals surface area contributed by atoms with Gasteiger partial charge in [0.1, 0.15) is 6.54 Å². The Balaban J connectivity index is 2.02. The second-order valence-electron chi connectivity index (χ2n) is 4.96. The Hall–Kier alpha value is -2.17. The van der Waals surface area contributed by atoms with Crippen molar-refractivity contribution in [2.24, 2.45) is 11.0 Å². The zero-order chi connectivity index (χ0) is 14.5. The van der Waals surface area contributed by atoms with Gasteiger partial charge in [-0.25, -0.2) is 10.4 Å². The third kappa shape index (κ3) is 3.23. The molecule has 2 rings (SSSR count). The van der Waals surface area contributed by atoms with Crippen LogP contribution in [0.4, 0.5) is 0 Å². The Morgan fingerprint density at radius 2 is 2.20 bits per heavy atom. The van der Waals surface area contributed by atoms with Gasteiger partial charge in [0.05, 0.1) is 17.4 Å². The molecule has 5 nitrogen and oxygen atoms in total. The van der Waals surface area contributed by atoms with Crippen LogP contribution in [-0.2, 0) is 11.3 Å². The lowest BCUT2D eigenvalue weighted by atomic mass is 10.1. The fourth-order valence-corrected chi connectivity index (χ4v) is 1.88. The molecule has 5 heteroatoms. The lowest BCUT2D eigenvalue weighted by Crippen LogP contribution is -2.24. The second kappa shape index (κ2) is 6.32. The van der Waals surface area contributed by atoms with Crippen LogP contribution in [0.3, 0.4) is 0 Å². The predicted molar refractivity (Wildman–Crippen MR) is 80.4 cm³/mol. The first-order chi connectivity index (χ1) is 9.61. The minimum absolute atomic E-state index is 0.143. The number of hydrogen-bond acceptors (Lipinski definition) is 3. The third-order valence-electron chi connectivity index (χ3n) is 3.52. The number of nitrogens with one attached hydrogen (secondary N) is 1. The van der Waals surface area contributed by atoms with Crippen LogP contribution in [0.2, 0.25) is 0 Å². The van der Waals surface area contributed by atoms with Crippen LogP contribution in [0, 0.1) is 5.92 Å². The average Bonchev–Trinajstić information content (AvgIpc) is 2.87. The maximum absolute atomic E-state index is 11.9. The van der Waals surface area contributed by atoms with E-state index < -0.39 is 0 Å². The highest BCUT2D eigenvalue weighted by molar-refractivity contribution is 5.86. The summed E-state index contributed by atoms with van der Waals surface area (Å²) < 4.78 is 1.82. The minimum Gasteiger partial charge on any atom is -0.321 e. The summed E-state index contributed by atoms with van der Waals surface area (Å²) in [4.78, 5) is 16.2. The van der Waals surface area contributed by atoms with Crippen LogP contribution in [0.1, 0.15) is 27.2 Å². The van der Waals surface area contributed by atoms with Crippen LogP contribution >= 0.6 is 0 Å². The van der Waals surface area contributed by atoms with Crippen LogP contribution in [0.25, 0.3) is 11.0 Å². The average molecular weight is 272 g/mol. The first kappa shape index (κ1) is 14.2. The molecule has 0 radical (unpaired) electrons. The highest BCUT2D eigenvalue weighted by Crippen LogP contribution is 2.11. The molecule has 1 atom stereocenters. The van der Waals surface area contributed by atoms with Crippen molar-refractivity contribution in [1.29, 1.82) is 0 Å². The standard InChI is InChI=1S/C15H20N4O/c1-4-11(2)12(3)17-18-15(20)9-19-10-16-13-7-5-6-8-14(13)19/h5-8,10-11H,4,9H2,1-3H3,(H,18,20)/b17-12-/t11-/m1/s1. The van der Waals surface area contributed by atoms with Crippen molar-refractivity contribution in [1.82, 2.24) is 15.0 Å². The van der Waals surface area contributed by atoms with E-state index in [1.54, 1.807) is 6.33 Å². The Morgan fingerprint density at radius 1 is 1.45 bits per heavy atom. The fourth-order valence-electron chi connectivity index (χ4n) is 1.88. The van der Waals surface area contributed by atoms with E-state index in [1.807, 2.05) is 35.8 Å². The molecule has 0 unspecified atom stereocenters. The van der Waals surface area contributed by atoms with Crippen LogP contribution in [0.5, 0.6) is 0 Å². The summed E-state index contributed by atoms with van der Waals surface area (Å²) in [6.07, 6.45) is 2.69. The van der Waals surface area contributed by atoms with Gasteiger partial charge in [0.2, 0.25) is 0 Å². The first-order valence-corrected chi connectivity index (χ1v) is 6.84. The normalized spacial score (nSPS) is 13.4. The van der Waals surface area contributed by atoms with Gasteiger partial charge in [-0.3, -0.25) is 4.79 Å². The molecule has 0 saturated carbocycles. The van der Waals surface area contributed by atoms with Gasteiger partial charge in [-0.1, -0.05) is 26.0 Å². The van der Waals surface area contributed by atoms with Gasteiger partial charge in [-0.2, -0.15) is 5.10 Å². The molecule has 0 aliphatic carbocycles. The first-order valence-electron chi connectivity index (χ1n) is 6.84. The summed E-state index contributed by atoms with van der Waals surface area (Å²) in [7, 11) is 0. The molecule has 106 valence electrons. The predicted octanol–water partition coefficient (Wildman–Crippen LogP) is 2.57. The van der Waals surface area contributed by atoms with Crippen molar-refractivity contribution in [3.63, 3.8) is 0 Å². The van der Waals surface area contributed by atoms with E-state index >= 15 is 0 Å². The van der Waals surface area contributed by atoms with Crippen molar-refractivity contribution in [2.75, 3.05) is 0 Å². The maximum atomic E-state index is 11.9. The molecule has 2 aromatic rings. The van der Waals surface area contributed by atoms with E-state index in [0.717, 1.165) is 23.2 Å². The number of benzene rings is 1. The van der Waals surface area contributed by atoms with Gasteiger partial charge in [-0.15, -0.1) is 0 Å². The van der Waals surface area contributed by atoms with Crippen LogP contribution < -0.4 is 5.43 Å². The summed E-state index contributed by atoms with van der Waals surface area (Å²) in [6, 6.07) is 7.74. The monoisotopic (exact) mass is 272 g/mol. The van der Waals surface area contributed by atoms with Crippen molar-refractivity contribution >= 4 is 22.7 Å². The molecule has 1 aromatic heterocycles. The number of para-hydroxylation sites is 2. The summed E-state index contributed by atoms with van der Waals surface area (Å²) in [5.74, 6) is 0.236. The van der Waals surface area contributed by atoms with Gasteiger partial charge in [-0.05, 0) is 31.4 Å². The molecule has 1 amide bonds. The van der Waals surface area contributed by atoms with E-state index in [0.29, 0.717) is 5.92 Å². The summed E-state index contributed by atoms with van der Waals surface area (Å²) in [5.41, 5.74) is 5.38. The second-order valence-corrected chi connectivity index (χ2v) is 4.96. The van der Waals surface area contributed by atoms with Gasteiger partial charge in [0.25, 0.3) is 5.91 Å². The number of carbonyl (C=O) groups excluding carboxylic acids is 1. The number of carbonyl (C=O) groups is 1. The van der Waals surface area contributed by atoms with Crippen LogP contribution in [-0.4, -0.2) is 21.2 Å². The smallest absolute Gasteiger partial charge is 0.260 e. The zero-order valence-electron chi connectivity index (χ0n) is 12.1. The fraction of sp³-hybridized carbons (Fsp3) is 0.400. The lowest BCUT2D eigenvalue weighted by Gasteiger charge is -2.08. The van der Waals surface area contributed by atoms with E-state index in [9.17, 15) is 4.79 Å². The number of nitrogens with zero attached hydrogens (tertiary/aromatic N) is 3. The van der Waals surface area contributed by atoms with E-state index in [2.05, 4.69) is 29.4 Å². The van der Waals surface area contributed by atoms with Gasteiger partial charge in [0, 0.05) is 5.71 Å². The number of hydrazone groups is 1. The summed E-state index contributed by atoms with van der Waals surface area (Å²) in [5, 5.41) is 4.14. The number of aromatic nitrogens is 2. The molecule has 0 aliphatic heterocycles. The van der Waals surface area contributed by atoms with Crippen molar-refractivity contribution in [2.45, 2.75) is 33.7 Å². The third-order valence-corrected chi connectivity index (χ3v) is 3.52. The molecule has 0 bridgehead atoms. The molecule has 0 spiro atoms. The van der Waals surface area contributed by atoms with Gasteiger partial charge >= 0.3 is 0 Å². The Bertz CT molecular complexity index is 630. The molecule has 20 heavy (non-hydrogen) atoms. The Kier molecular flexibility index (Phi) is 4.50. The number of rotatable bonds is 5. The van der Waals surface area contributed by atoms with E-state index in [1.165, 1.54) is 0 Å². The molecule has 1 aromatic carbocycles. The van der Waals surface area contributed by atoms with E-state index in [4.69, 9.17) is 0 Å². The van der Waals surface area contributed by atoms with Crippen molar-refractivity contribution in [3.05, 3.63) is 30.6 Å². The highest BCUT2D eigenvalue weighted by atomic mass is 16.2. The molecule has 1 N–H and O–H groups in total. The zero-order valence-corrected chi connectivity index (χ0v) is 12.1. The topological polar surface area (TPSA) is 59.3 Å².